The Hall–Kier alpha value is -0.620. The number of amides is 1. The lowest BCUT2D eigenvalue weighted by molar-refractivity contribution is -0.126. The van der Waals surface area contributed by atoms with E-state index in [1.807, 2.05) is 19.1 Å². The molecular formula is C15H22BrClN2O2. The van der Waals surface area contributed by atoms with Gasteiger partial charge in [-0.2, -0.15) is 0 Å². The number of nitrogens with one attached hydrogen (secondary N) is 2. The summed E-state index contributed by atoms with van der Waals surface area (Å²) in [6.07, 6.45) is 1.89. The fourth-order valence-electron chi connectivity index (χ4n) is 2.18. The molecule has 2 N–H and O–H groups in total. The molecule has 118 valence electrons. The summed E-state index contributed by atoms with van der Waals surface area (Å²) in [7, 11) is 0. The fraction of sp³-hybridized carbons (Fsp3) is 0.533. The van der Waals surface area contributed by atoms with E-state index in [0.717, 1.165) is 23.9 Å². The Morgan fingerprint density at radius 3 is 2.81 bits per heavy atom. The summed E-state index contributed by atoms with van der Waals surface area (Å²) in [5.41, 5.74) is 1.29. The first-order valence-electron chi connectivity index (χ1n) is 7.01. The van der Waals surface area contributed by atoms with Gasteiger partial charge in [0.1, 0.15) is 6.04 Å². The topological polar surface area (TPSA) is 50.4 Å². The van der Waals surface area contributed by atoms with Crippen molar-refractivity contribution in [3.05, 3.63) is 34.3 Å². The zero-order valence-electron chi connectivity index (χ0n) is 12.1. The summed E-state index contributed by atoms with van der Waals surface area (Å²) >= 11 is 3.43. The zero-order chi connectivity index (χ0) is 14.4. The average Bonchev–Trinajstić information content (AvgIpc) is 2.47. The van der Waals surface area contributed by atoms with Crippen LogP contribution in [-0.4, -0.2) is 37.7 Å². The molecule has 21 heavy (non-hydrogen) atoms. The van der Waals surface area contributed by atoms with Crippen molar-refractivity contribution in [3.63, 3.8) is 0 Å². The quantitative estimate of drug-likeness (QED) is 0.828. The van der Waals surface area contributed by atoms with Gasteiger partial charge in [0, 0.05) is 17.1 Å². The van der Waals surface area contributed by atoms with Crippen LogP contribution in [0.2, 0.25) is 0 Å². The number of halogens is 2. The molecule has 0 bridgehead atoms. The first-order valence-corrected chi connectivity index (χ1v) is 7.80. The highest BCUT2D eigenvalue weighted by atomic mass is 79.9. The summed E-state index contributed by atoms with van der Waals surface area (Å²) in [6.45, 7) is 3.93. The van der Waals surface area contributed by atoms with E-state index in [1.165, 1.54) is 5.56 Å². The molecule has 2 rings (SSSR count). The number of ether oxygens (including phenoxy) is 1. The third-order valence-corrected chi connectivity index (χ3v) is 3.93. The highest BCUT2D eigenvalue weighted by Crippen LogP contribution is 2.12. The predicted molar refractivity (Wildman–Crippen MR) is 89.9 cm³/mol. The van der Waals surface area contributed by atoms with Crippen LogP contribution >= 0.6 is 28.3 Å². The second-order valence-corrected chi connectivity index (χ2v) is 6.07. The Kier molecular flexibility index (Phi) is 8.26. The molecule has 6 heteroatoms. The average molecular weight is 378 g/mol. The van der Waals surface area contributed by atoms with E-state index in [1.54, 1.807) is 0 Å². The molecule has 0 radical (unpaired) electrons. The van der Waals surface area contributed by atoms with Crippen LogP contribution in [0, 0.1) is 0 Å². The fourth-order valence-corrected chi connectivity index (χ4v) is 2.45. The van der Waals surface area contributed by atoms with Crippen molar-refractivity contribution in [1.82, 2.24) is 10.6 Å². The molecule has 1 aliphatic rings. The highest BCUT2D eigenvalue weighted by Gasteiger charge is 2.22. The van der Waals surface area contributed by atoms with Gasteiger partial charge in [-0.3, -0.25) is 4.79 Å². The number of benzene rings is 1. The smallest absolute Gasteiger partial charge is 0.239 e. The van der Waals surface area contributed by atoms with Crippen molar-refractivity contribution in [2.45, 2.75) is 31.8 Å². The monoisotopic (exact) mass is 376 g/mol. The van der Waals surface area contributed by atoms with Crippen LogP contribution in [0.25, 0.3) is 0 Å². The lowest BCUT2D eigenvalue weighted by Gasteiger charge is -2.24. The molecule has 0 saturated carbocycles. The standard InChI is InChI=1S/C15H21BrN2O2.ClH/c1-11(2-3-12-4-6-13(16)7-5-12)18-15(19)14-10-20-9-8-17-14;/h4-7,11,14,17H,2-3,8-10H2,1H3,(H,18,19);1H. The summed E-state index contributed by atoms with van der Waals surface area (Å²) in [5.74, 6) is 0.0352. The van der Waals surface area contributed by atoms with Gasteiger partial charge in [-0.15, -0.1) is 12.4 Å². The summed E-state index contributed by atoms with van der Waals surface area (Å²) < 4.78 is 6.39. The van der Waals surface area contributed by atoms with Crippen LogP contribution in [0.5, 0.6) is 0 Å². The number of carbonyl (C=O) groups is 1. The molecule has 4 nitrogen and oxygen atoms in total. The van der Waals surface area contributed by atoms with Crippen molar-refractivity contribution in [2.75, 3.05) is 19.8 Å². The minimum Gasteiger partial charge on any atom is -0.378 e. The molecular weight excluding hydrogens is 356 g/mol. The molecule has 1 aliphatic heterocycles. The normalized spacial score (nSPS) is 19.4. The molecule has 1 aromatic rings. The van der Waals surface area contributed by atoms with Gasteiger partial charge in [0.05, 0.1) is 13.2 Å². The molecule has 1 aromatic carbocycles. The molecule has 0 aromatic heterocycles. The van der Waals surface area contributed by atoms with Gasteiger partial charge in [0.2, 0.25) is 5.91 Å². The van der Waals surface area contributed by atoms with Gasteiger partial charge in [0.15, 0.2) is 0 Å². The maximum Gasteiger partial charge on any atom is 0.239 e. The lowest BCUT2D eigenvalue weighted by Crippen LogP contribution is -2.52. The Morgan fingerprint density at radius 2 is 2.19 bits per heavy atom. The van der Waals surface area contributed by atoms with Gasteiger partial charge >= 0.3 is 0 Å². The lowest BCUT2D eigenvalue weighted by atomic mass is 10.1. The number of hydrogen-bond donors (Lipinski definition) is 2. The summed E-state index contributed by atoms with van der Waals surface area (Å²) in [6, 6.07) is 8.25. The Bertz CT molecular complexity index is 436. The van der Waals surface area contributed by atoms with Gasteiger partial charge in [-0.25, -0.2) is 0 Å². The number of hydrogen-bond acceptors (Lipinski definition) is 3. The van der Waals surface area contributed by atoms with E-state index < -0.39 is 0 Å². The second kappa shape index (κ2) is 9.41. The number of morpholine rings is 1. The van der Waals surface area contributed by atoms with Crippen LogP contribution in [0.3, 0.4) is 0 Å². The van der Waals surface area contributed by atoms with Crippen LogP contribution in [0.4, 0.5) is 0 Å². The minimum atomic E-state index is -0.209. The van der Waals surface area contributed by atoms with E-state index in [2.05, 4.69) is 38.7 Å². The maximum absolute atomic E-state index is 12.0. The first-order chi connectivity index (χ1) is 9.65. The Balaban J connectivity index is 0.00000220. The third-order valence-electron chi connectivity index (χ3n) is 3.41. The zero-order valence-corrected chi connectivity index (χ0v) is 14.5. The van der Waals surface area contributed by atoms with Crippen LogP contribution in [0.15, 0.2) is 28.7 Å². The van der Waals surface area contributed by atoms with Crippen LogP contribution in [0.1, 0.15) is 18.9 Å². The van der Waals surface area contributed by atoms with Gasteiger partial charge in [-0.05, 0) is 37.5 Å². The summed E-state index contributed by atoms with van der Waals surface area (Å²) in [4.78, 5) is 12.0. The summed E-state index contributed by atoms with van der Waals surface area (Å²) in [5, 5.41) is 6.20. The van der Waals surface area contributed by atoms with Crippen molar-refractivity contribution >= 4 is 34.2 Å². The van der Waals surface area contributed by atoms with E-state index in [4.69, 9.17) is 4.74 Å². The molecule has 1 saturated heterocycles. The highest BCUT2D eigenvalue weighted by molar-refractivity contribution is 9.10. The van der Waals surface area contributed by atoms with Crippen molar-refractivity contribution in [2.24, 2.45) is 0 Å². The number of rotatable bonds is 5. The van der Waals surface area contributed by atoms with E-state index >= 15 is 0 Å². The Morgan fingerprint density at radius 1 is 1.48 bits per heavy atom. The SMILES string of the molecule is CC(CCc1ccc(Br)cc1)NC(=O)C1COCCN1.Cl. The van der Waals surface area contributed by atoms with Gasteiger partial charge in [-0.1, -0.05) is 28.1 Å². The molecule has 2 atom stereocenters. The predicted octanol–water partition coefficient (Wildman–Crippen LogP) is 2.30. The van der Waals surface area contributed by atoms with Crippen molar-refractivity contribution in [1.29, 1.82) is 0 Å². The van der Waals surface area contributed by atoms with Crippen molar-refractivity contribution < 1.29 is 9.53 Å². The molecule has 0 spiro atoms. The molecule has 2 unspecified atom stereocenters. The minimum absolute atomic E-state index is 0. The van der Waals surface area contributed by atoms with Crippen LogP contribution in [-0.2, 0) is 16.0 Å². The largest absolute Gasteiger partial charge is 0.378 e. The van der Waals surface area contributed by atoms with E-state index in [-0.39, 0.29) is 30.4 Å². The number of aryl methyl sites for hydroxylation is 1. The van der Waals surface area contributed by atoms with Gasteiger partial charge < -0.3 is 15.4 Å². The third kappa shape index (κ3) is 6.34. The second-order valence-electron chi connectivity index (χ2n) is 5.16. The van der Waals surface area contributed by atoms with Gasteiger partial charge in [0.25, 0.3) is 0 Å². The Labute approximate surface area is 140 Å². The molecule has 1 fully saturated rings. The molecule has 1 heterocycles. The molecule has 1 amide bonds. The first kappa shape index (κ1) is 18.4. The number of carbonyl (C=O) groups excluding carboxylic acids is 1. The maximum atomic E-state index is 12.0. The molecule has 0 aliphatic carbocycles. The van der Waals surface area contributed by atoms with E-state index in [9.17, 15) is 4.79 Å². The van der Waals surface area contributed by atoms with Crippen LogP contribution < -0.4 is 10.6 Å². The van der Waals surface area contributed by atoms with E-state index in [0.29, 0.717) is 13.2 Å². The van der Waals surface area contributed by atoms with Crippen molar-refractivity contribution in [3.8, 4) is 0 Å².